The highest BCUT2D eigenvalue weighted by Crippen LogP contribution is 2.16. The van der Waals surface area contributed by atoms with Crippen molar-refractivity contribution in [2.24, 2.45) is 5.92 Å². The predicted octanol–water partition coefficient (Wildman–Crippen LogP) is 2.53. The molecule has 106 valence electrons. The van der Waals surface area contributed by atoms with Gasteiger partial charge in [-0.05, 0) is 31.9 Å². The van der Waals surface area contributed by atoms with E-state index in [-0.39, 0.29) is 5.91 Å². The first kappa shape index (κ1) is 14.4. The van der Waals surface area contributed by atoms with E-state index in [2.05, 4.69) is 6.07 Å². The van der Waals surface area contributed by atoms with Crippen molar-refractivity contribution in [2.45, 2.75) is 26.2 Å². The van der Waals surface area contributed by atoms with Crippen LogP contribution in [-0.4, -0.2) is 30.5 Å². The fraction of sp³-hybridized carbons (Fsp3) is 0.500. The van der Waals surface area contributed by atoms with Crippen molar-refractivity contribution in [3.05, 3.63) is 29.8 Å². The van der Waals surface area contributed by atoms with Gasteiger partial charge in [-0.1, -0.05) is 17.7 Å². The van der Waals surface area contributed by atoms with E-state index in [1.165, 1.54) is 5.56 Å². The molecule has 0 radical (unpaired) electrons. The van der Waals surface area contributed by atoms with Crippen LogP contribution in [0.25, 0.3) is 0 Å². The summed E-state index contributed by atoms with van der Waals surface area (Å²) < 4.78 is 5.58. The number of carbonyl (C=O) groups excluding carboxylic acids is 1. The Morgan fingerprint density at radius 1 is 1.35 bits per heavy atom. The lowest BCUT2D eigenvalue weighted by molar-refractivity contribution is -0.133. The molecule has 1 aromatic carbocycles. The number of carbonyl (C=O) groups is 1. The number of nitrogens with zero attached hydrogens (tertiary/aromatic N) is 2. The van der Waals surface area contributed by atoms with Crippen LogP contribution in [0.5, 0.6) is 5.75 Å². The summed E-state index contributed by atoms with van der Waals surface area (Å²) in [5.41, 5.74) is 1.18. The predicted molar refractivity (Wildman–Crippen MR) is 76.2 cm³/mol. The Hall–Kier alpha value is -2.02. The van der Waals surface area contributed by atoms with Gasteiger partial charge in [-0.2, -0.15) is 5.26 Å². The van der Waals surface area contributed by atoms with Crippen molar-refractivity contribution < 1.29 is 9.53 Å². The molecular formula is C16H20N2O2. The van der Waals surface area contributed by atoms with Crippen LogP contribution in [-0.2, 0) is 4.79 Å². The molecule has 0 N–H and O–H groups in total. The van der Waals surface area contributed by atoms with Gasteiger partial charge < -0.3 is 9.64 Å². The second kappa shape index (κ2) is 6.95. The van der Waals surface area contributed by atoms with E-state index in [1.54, 1.807) is 4.90 Å². The minimum atomic E-state index is -0.585. The highest BCUT2D eigenvalue weighted by atomic mass is 16.5. The molecule has 0 aromatic heterocycles. The quantitative estimate of drug-likeness (QED) is 0.827. The first-order chi connectivity index (χ1) is 9.70. The lowest BCUT2D eigenvalue weighted by Gasteiger charge is -2.18. The van der Waals surface area contributed by atoms with Crippen LogP contribution in [0.1, 0.15) is 24.8 Å². The minimum Gasteiger partial charge on any atom is -0.494 e. The standard InChI is InChI=1S/C16H20N2O2/c1-13-4-6-15(7-5-13)20-11-8-14(12-17)16(19)18-9-2-3-10-18/h4-7,14H,2-3,8-11H2,1H3. The molecule has 1 heterocycles. The Kier molecular flexibility index (Phi) is 5.00. The topological polar surface area (TPSA) is 53.3 Å². The molecule has 0 saturated carbocycles. The number of likely N-dealkylation sites (tertiary alicyclic amines) is 1. The van der Waals surface area contributed by atoms with Crippen molar-refractivity contribution in [1.82, 2.24) is 4.90 Å². The third-order valence-corrected chi connectivity index (χ3v) is 3.57. The molecule has 1 aromatic rings. The van der Waals surface area contributed by atoms with Crippen molar-refractivity contribution in [3.63, 3.8) is 0 Å². The number of hydrogen-bond donors (Lipinski definition) is 0. The van der Waals surface area contributed by atoms with Crippen LogP contribution >= 0.6 is 0 Å². The number of rotatable bonds is 5. The van der Waals surface area contributed by atoms with E-state index in [9.17, 15) is 4.79 Å². The number of aryl methyl sites for hydroxylation is 1. The van der Waals surface area contributed by atoms with Gasteiger partial charge in [0.05, 0.1) is 12.7 Å². The zero-order valence-electron chi connectivity index (χ0n) is 11.8. The van der Waals surface area contributed by atoms with Gasteiger partial charge in [-0.15, -0.1) is 0 Å². The Labute approximate surface area is 120 Å². The number of benzene rings is 1. The molecule has 1 amide bonds. The number of hydrogen-bond acceptors (Lipinski definition) is 3. The summed E-state index contributed by atoms with van der Waals surface area (Å²) in [6, 6.07) is 9.86. The van der Waals surface area contributed by atoms with Crippen LogP contribution in [0.3, 0.4) is 0 Å². The third-order valence-electron chi connectivity index (χ3n) is 3.57. The summed E-state index contributed by atoms with van der Waals surface area (Å²) in [6.45, 7) is 3.98. The second-order valence-corrected chi connectivity index (χ2v) is 5.16. The van der Waals surface area contributed by atoms with E-state index < -0.39 is 5.92 Å². The van der Waals surface area contributed by atoms with E-state index in [0.29, 0.717) is 13.0 Å². The van der Waals surface area contributed by atoms with E-state index in [0.717, 1.165) is 31.7 Å². The van der Waals surface area contributed by atoms with Gasteiger partial charge in [0.25, 0.3) is 0 Å². The molecule has 2 rings (SSSR count). The normalized spacial score (nSPS) is 15.7. The molecule has 1 unspecified atom stereocenters. The Morgan fingerprint density at radius 2 is 2.00 bits per heavy atom. The van der Waals surface area contributed by atoms with Gasteiger partial charge in [0, 0.05) is 19.5 Å². The summed E-state index contributed by atoms with van der Waals surface area (Å²) in [7, 11) is 0. The fourth-order valence-electron chi connectivity index (χ4n) is 2.33. The molecule has 1 fully saturated rings. The molecule has 0 aliphatic carbocycles. The maximum Gasteiger partial charge on any atom is 0.240 e. The zero-order valence-corrected chi connectivity index (χ0v) is 11.8. The SMILES string of the molecule is Cc1ccc(OCCC(C#N)C(=O)N2CCCC2)cc1. The molecule has 1 atom stereocenters. The zero-order chi connectivity index (χ0) is 14.4. The highest BCUT2D eigenvalue weighted by molar-refractivity contribution is 5.81. The Bertz CT molecular complexity index is 484. The molecule has 0 spiro atoms. The van der Waals surface area contributed by atoms with Crippen molar-refractivity contribution in [3.8, 4) is 11.8 Å². The maximum atomic E-state index is 12.1. The van der Waals surface area contributed by atoms with Crippen LogP contribution in [0, 0.1) is 24.2 Å². The van der Waals surface area contributed by atoms with Crippen molar-refractivity contribution in [2.75, 3.05) is 19.7 Å². The van der Waals surface area contributed by atoms with E-state index in [4.69, 9.17) is 10.00 Å². The van der Waals surface area contributed by atoms with Gasteiger partial charge in [0.15, 0.2) is 0 Å². The summed E-state index contributed by atoms with van der Waals surface area (Å²) in [5.74, 6) is 0.150. The summed E-state index contributed by atoms with van der Waals surface area (Å²) in [4.78, 5) is 13.9. The molecule has 1 saturated heterocycles. The van der Waals surface area contributed by atoms with E-state index in [1.807, 2.05) is 31.2 Å². The lowest BCUT2D eigenvalue weighted by atomic mass is 10.1. The molecule has 1 aliphatic heterocycles. The lowest BCUT2D eigenvalue weighted by Crippen LogP contribution is -2.33. The molecule has 4 heteroatoms. The molecular weight excluding hydrogens is 252 g/mol. The summed E-state index contributed by atoms with van der Waals surface area (Å²) in [6.07, 6.45) is 2.53. The van der Waals surface area contributed by atoms with Gasteiger partial charge in [0.2, 0.25) is 5.91 Å². The van der Waals surface area contributed by atoms with Crippen LogP contribution in [0.15, 0.2) is 24.3 Å². The molecule has 20 heavy (non-hydrogen) atoms. The number of amides is 1. The van der Waals surface area contributed by atoms with Gasteiger partial charge in [0.1, 0.15) is 11.7 Å². The Morgan fingerprint density at radius 3 is 2.60 bits per heavy atom. The third kappa shape index (κ3) is 3.74. The van der Waals surface area contributed by atoms with E-state index >= 15 is 0 Å². The minimum absolute atomic E-state index is 0.0440. The fourth-order valence-corrected chi connectivity index (χ4v) is 2.33. The van der Waals surface area contributed by atoms with Crippen LogP contribution in [0.4, 0.5) is 0 Å². The average Bonchev–Trinajstić information content (AvgIpc) is 2.99. The second-order valence-electron chi connectivity index (χ2n) is 5.16. The van der Waals surface area contributed by atoms with Crippen molar-refractivity contribution in [1.29, 1.82) is 5.26 Å². The van der Waals surface area contributed by atoms with Crippen LogP contribution in [0.2, 0.25) is 0 Å². The smallest absolute Gasteiger partial charge is 0.240 e. The number of ether oxygens (including phenoxy) is 1. The number of nitriles is 1. The Balaban J connectivity index is 1.80. The van der Waals surface area contributed by atoms with Gasteiger partial charge in [-0.3, -0.25) is 4.79 Å². The van der Waals surface area contributed by atoms with Gasteiger partial charge >= 0.3 is 0 Å². The monoisotopic (exact) mass is 272 g/mol. The summed E-state index contributed by atoms with van der Waals surface area (Å²) in [5, 5.41) is 9.14. The van der Waals surface area contributed by atoms with Crippen LogP contribution < -0.4 is 4.74 Å². The average molecular weight is 272 g/mol. The molecule has 4 nitrogen and oxygen atoms in total. The highest BCUT2D eigenvalue weighted by Gasteiger charge is 2.26. The molecule has 1 aliphatic rings. The largest absolute Gasteiger partial charge is 0.494 e. The molecule has 0 bridgehead atoms. The van der Waals surface area contributed by atoms with Crippen molar-refractivity contribution >= 4 is 5.91 Å². The first-order valence-corrected chi connectivity index (χ1v) is 7.08. The van der Waals surface area contributed by atoms with Gasteiger partial charge in [-0.25, -0.2) is 0 Å². The first-order valence-electron chi connectivity index (χ1n) is 7.08. The summed E-state index contributed by atoms with van der Waals surface area (Å²) >= 11 is 0. The maximum absolute atomic E-state index is 12.1.